The van der Waals surface area contributed by atoms with Crippen LogP contribution in [0, 0.1) is 0 Å². The fourth-order valence-corrected chi connectivity index (χ4v) is 3.47. The molecule has 0 saturated carbocycles. The smallest absolute Gasteiger partial charge is 0.0441 e. The Bertz CT molecular complexity index is 149. The Hall–Kier alpha value is 0.270. The summed E-state index contributed by atoms with van der Waals surface area (Å²) in [4.78, 5) is 0. The second-order valence-electron chi connectivity index (χ2n) is 4.36. The van der Waals surface area contributed by atoms with Crippen molar-refractivity contribution in [3.63, 3.8) is 0 Å². The van der Waals surface area contributed by atoms with Gasteiger partial charge in [-0.1, -0.05) is 34.1 Å². The molecule has 2 N–H and O–H groups in total. The fraction of sp³-hybridized carbons (Fsp3) is 1.00. The van der Waals surface area contributed by atoms with E-state index in [1.54, 1.807) is 0 Å². The van der Waals surface area contributed by atoms with E-state index in [-0.39, 0.29) is 0 Å². The van der Waals surface area contributed by atoms with Gasteiger partial charge < -0.3 is 10.4 Å². The lowest BCUT2D eigenvalue weighted by Crippen LogP contribution is -2.38. The Morgan fingerprint density at radius 3 is 2.31 bits per heavy atom. The third kappa shape index (κ3) is 6.77. The van der Waals surface area contributed by atoms with Gasteiger partial charge in [0.1, 0.15) is 0 Å². The van der Waals surface area contributed by atoms with Crippen LogP contribution in [0.2, 0.25) is 0 Å². The monoisotopic (exact) mass is 247 g/mol. The van der Waals surface area contributed by atoms with Crippen LogP contribution < -0.4 is 5.32 Å². The van der Waals surface area contributed by atoms with E-state index < -0.39 is 0 Å². The van der Waals surface area contributed by atoms with E-state index in [0.717, 1.165) is 13.0 Å². The Kier molecular flexibility index (Phi) is 10.6. The molecule has 0 aliphatic rings. The number of rotatable bonds is 10. The van der Waals surface area contributed by atoms with Gasteiger partial charge in [0.05, 0.1) is 0 Å². The topological polar surface area (TPSA) is 32.3 Å². The fourth-order valence-electron chi connectivity index (χ4n) is 2.02. The van der Waals surface area contributed by atoms with Gasteiger partial charge in [0.15, 0.2) is 0 Å². The highest BCUT2D eigenvalue weighted by molar-refractivity contribution is 8.00. The highest BCUT2D eigenvalue weighted by atomic mass is 32.2. The summed E-state index contributed by atoms with van der Waals surface area (Å²) in [5, 5.41) is 13.8. The zero-order valence-corrected chi connectivity index (χ0v) is 12.1. The summed E-state index contributed by atoms with van der Waals surface area (Å²) >= 11 is 2.03. The van der Waals surface area contributed by atoms with Gasteiger partial charge in [-0.2, -0.15) is 11.8 Å². The van der Waals surface area contributed by atoms with Gasteiger partial charge in [0.25, 0.3) is 0 Å². The molecule has 0 spiro atoms. The van der Waals surface area contributed by atoms with Crippen molar-refractivity contribution in [2.45, 2.75) is 69.9 Å². The quantitative estimate of drug-likeness (QED) is 0.622. The zero-order chi connectivity index (χ0) is 12.4. The molecule has 0 aromatic carbocycles. The lowest BCUT2D eigenvalue weighted by molar-refractivity contribution is 0.288. The molecular weight excluding hydrogens is 218 g/mol. The van der Waals surface area contributed by atoms with Crippen LogP contribution in [0.25, 0.3) is 0 Å². The molecule has 0 aromatic rings. The first-order valence-corrected chi connectivity index (χ1v) is 7.63. The molecule has 0 rings (SSSR count). The van der Waals surface area contributed by atoms with Crippen molar-refractivity contribution >= 4 is 11.8 Å². The van der Waals surface area contributed by atoms with E-state index >= 15 is 0 Å². The number of thioether (sulfide) groups is 1. The summed E-state index contributed by atoms with van der Waals surface area (Å²) < 4.78 is 0. The van der Waals surface area contributed by atoms with Gasteiger partial charge in [0.2, 0.25) is 0 Å². The zero-order valence-electron chi connectivity index (χ0n) is 11.3. The van der Waals surface area contributed by atoms with Crippen LogP contribution in [0.15, 0.2) is 0 Å². The molecule has 16 heavy (non-hydrogen) atoms. The van der Waals surface area contributed by atoms with Crippen molar-refractivity contribution in [1.82, 2.24) is 5.32 Å². The summed E-state index contributed by atoms with van der Waals surface area (Å²) in [6, 6.07) is 0.631. The molecule has 0 aliphatic heterocycles. The molecule has 0 aromatic heterocycles. The van der Waals surface area contributed by atoms with Crippen molar-refractivity contribution in [1.29, 1.82) is 0 Å². The SMILES string of the molecule is CCCC(NCC)C(CC)SC(C)CCO. The first-order valence-electron chi connectivity index (χ1n) is 6.69. The Balaban J connectivity index is 4.17. The third-order valence-electron chi connectivity index (χ3n) is 2.86. The minimum absolute atomic E-state index is 0.310. The van der Waals surface area contributed by atoms with Crippen molar-refractivity contribution in [3.8, 4) is 0 Å². The van der Waals surface area contributed by atoms with Crippen LogP contribution in [0.5, 0.6) is 0 Å². The van der Waals surface area contributed by atoms with Crippen molar-refractivity contribution in [3.05, 3.63) is 0 Å². The minimum atomic E-state index is 0.310. The number of nitrogens with one attached hydrogen (secondary N) is 1. The van der Waals surface area contributed by atoms with E-state index in [4.69, 9.17) is 5.11 Å². The van der Waals surface area contributed by atoms with Gasteiger partial charge in [-0.15, -0.1) is 0 Å². The van der Waals surface area contributed by atoms with Gasteiger partial charge in [-0.05, 0) is 25.8 Å². The van der Waals surface area contributed by atoms with Crippen molar-refractivity contribution in [2.75, 3.05) is 13.2 Å². The number of hydrogen-bond donors (Lipinski definition) is 2. The molecule has 0 aliphatic carbocycles. The molecule has 0 saturated heterocycles. The number of aliphatic hydroxyl groups excluding tert-OH is 1. The Morgan fingerprint density at radius 2 is 1.88 bits per heavy atom. The van der Waals surface area contributed by atoms with Crippen LogP contribution in [0.4, 0.5) is 0 Å². The van der Waals surface area contributed by atoms with Gasteiger partial charge >= 0.3 is 0 Å². The average molecular weight is 247 g/mol. The minimum Gasteiger partial charge on any atom is -0.396 e. The first-order chi connectivity index (χ1) is 7.69. The molecular formula is C13H29NOS. The van der Waals surface area contributed by atoms with E-state index in [2.05, 4.69) is 33.0 Å². The van der Waals surface area contributed by atoms with E-state index in [1.807, 2.05) is 11.8 Å². The largest absolute Gasteiger partial charge is 0.396 e. The average Bonchev–Trinajstić information content (AvgIpc) is 2.26. The maximum absolute atomic E-state index is 8.94. The standard InChI is InChI=1S/C13H29NOS/c1-5-8-12(14-7-3)13(6-2)16-11(4)9-10-15/h11-15H,5-10H2,1-4H3. The van der Waals surface area contributed by atoms with Gasteiger partial charge in [0, 0.05) is 23.1 Å². The number of hydrogen-bond acceptors (Lipinski definition) is 3. The Labute approximate surface area is 106 Å². The van der Waals surface area contributed by atoms with Crippen LogP contribution in [-0.4, -0.2) is 34.8 Å². The molecule has 3 atom stereocenters. The molecule has 2 nitrogen and oxygen atoms in total. The predicted octanol–water partition coefficient (Wildman–Crippen LogP) is 3.05. The maximum atomic E-state index is 8.94. The summed E-state index contributed by atoms with van der Waals surface area (Å²) in [6.07, 6.45) is 4.61. The predicted molar refractivity (Wildman–Crippen MR) is 75.2 cm³/mol. The van der Waals surface area contributed by atoms with Crippen molar-refractivity contribution < 1.29 is 5.11 Å². The number of aliphatic hydroxyl groups is 1. The lowest BCUT2D eigenvalue weighted by Gasteiger charge is -2.28. The van der Waals surface area contributed by atoms with Gasteiger partial charge in [-0.25, -0.2) is 0 Å². The van der Waals surface area contributed by atoms with Gasteiger partial charge in [-0.3, -0.25) is 0 Å². The Morgan fingerprint density at radius 1 is 1.19 bits per heavy atom. The molecule has 0 fully saturated rings. The highest BCUT2D eigenvalue weighted by Crippen LogP contribution is 2.26. The van der Waals surface area contributed by atoms with Crippen molar-refractivity contribution in [2.24, 2.45) is 0 Å². The van der Waals surface area contributed by atoms with Crippen LogP contribution in [0.1, 0.15) is 53.4 Å². The summed E-state index contributed by atoms with van der Waals surface area (Å²) in [7, 11) is 0. The van der Waals surface area contributed by atoms with E-state index in [0.29, 0.717) is 23.1 Å². The molecule has 0 amide bonds. The van der Waals surface area contributed by atoms with Crippen LogP contribution in [-0.2, 0) is 0 Å². The van der Waals surface area contributed by atoms with Crippen LogP contribution >= 0.6 is 11.8 Å². The lowest BCUT2D eigenvalue weighted by atomic mass is 10.1. The first kappa shape index (κ1) is 16.3. The second kappa shape index (κ2) is 10.4. The van der Waals surface area contributed by atoms with Crippen LogP contribution in [0.3, 0.4) is 0 Å². The summed E-state index contributed by atoms with van der Waals surface area (Å²) in [5.74, 6) is 0. The summed E-state index contributed by atoms with van der Waals surface area (Å²) in [5.41, 5.74) is 0. The summed E-state index contributed by atoms with van der Waals surface area (Å²) in [6.45, 7) is 10.3. The molecule has 0 heterocycles. The molecule has 3 unspecified atom stereocenters. The second-order valence-corrected chi connectivity index (χ2v) is 6.04. The normalized spacial score (nSPS) is 17.1. The molecule has 0 bridgehead atoms. The molecule has 0 radical (unpaired) electrons. The molecule has 98 valence electrons. The van der Waals surface area contributed by atoms with E-state index in [1.165, 1.54) is 19.3 Å². The van der Waals surface area contributed by atoms with E-state index in [9.17, 15) is 0 Å². The molecule has 3 heteroatoms. The highest BCUT2D eigenvalue weighted by Gasteiger charge is 2.20. The third-order valence-corrected chi connectivity index (χ3v) is 4.57. The maximum Gasteiger partial charge on any atom is 0.0441 e.